The highest BCUT2D eigenvalue weighted by molar-refractivity contribution is 7.80. The van der Waals surface area contributed by atoms with Gasteiger partial charge in [-0.15, -0.1) is 0 Å². The van der Waals surface area contributed by atoms with Crippen LogP contribution in [0.2, 0.25) is 0 Å². The van der Waals surface area contributed by atoms with Crippen LogP contribution in [-0.2, 0) is 14.4 Å². The Labute approximate surface area is 122 Å². The first-order valence-electron chi connectivity index (χ1n) is 6.21. The van der Waals surface area contributed by atoms with Gasteiger partial charge in [0.2, 0.25) is 5.91 Å². The van der Waals surface area contributed by atoms with E-state index in [2.05, 4.69) is 23.3 Å². The number of hydrogen-bond donors (Lipinski definition) is 6. The summed E-state index contributed by atoms with van der Waals surface area (Å²) in [6.07, 6.45) is 1.72. The van der Waals surface area contributed by atoms with E-state index in [1.807, 2.05) is 0 Å². The maximum absolute atomic E-state index is 11.9. The highest BCUT2D eigenvalue weighted by Crippen LogP contribution is 2.02. The van der Waals surface area contributed by atoms with Crippen LogP contribution >= 0.6 is 12.6 Å². The lowest BCUT2D eigenvalue weighted by Gasteiger charge is -2.20. The lowest BCUT2D eigenvalue weighted by atomic mass is 10.1. The van der Waals surface area contributed by atoms with Crippen molar-refractivity contribution in [3.05, 3.63) is 0 Å². The van der Waals surface area contributed by atoms with Crippen molar-refractivity contribution in [2.24, 2.45) is 5.73 Å². The Morgan fingerprint density at radius 2 is 1.80 bits per heavy atom. The minimum Gasteiger partial charge on any atom is -0.480 e. The van der Waals surface area contributed by atoms with Crippen molar-refractivity contribution in [2.75, 3.05) is 18.8 Å². The zero-order chi connectivity index (χ0) is 15.5. The minimum atomic E-state index is -1.19. The predicted molar refractivity (Wildman–Crippen MR) is 75.8 cm³/mol. The summed E-state index contributed by atoms with van der Waals surface area (Å²) in [6.45, 7) is 0.0982. The molecule has 0 heterocycles. The second-order valence-electron chi connectivity index (χ2n) is 4.19. The first-order chi connectivity index (χ1) is 9.42. The van der Waals surface area contributed by atoms with E-state index in [9.17, 15) is 14.4 Å². The summed E-state index contributed by atoms with van der Waals surface area (Å²) in [7, 11) is 0. The molecule has 1 amide bonds. The summed E-state index contributed by atoms with van der Waals surface area (Å²) in [5, 5.41) is 22.3. The quantitative estimate of drug-likeness (QED) is 0.205. The number of carboxylic acid groups (broad SMARTS) is 2. The van der Waals surface area contributed by atoms with Crippen LogP contribution in [0.5, 0.6) is 0 Å². The summed E-state index contributed by atoms with van der Waals surface area (Å²) < 4.78 is 0. The fourth-order valence-corrected chi connectivity index (χ4v) is 1.73. The minimum absolute atomic E-state index is 0.0461. The zero-order valence-corrected chi connectivity index (χ0v) is 11.9. The van der Waals surface area contributed by atoms with Gasteiger partial charge in [-0.05, 0) is 19.4 Å². The number of rotatable bonds is 11. The number of amides is 1. The molecule has 0 aliphatic carbocycles. The van der Waals surface area contributed by atoms with E-state index in [0.717, 1.165) is 0 Å². The van der Waals surface area contributed by atoms with Crippen molar-refractivity contribution in [1.29, 1.82) is 0 Å². The Bertz CT molecular complexity index is 340. The van der Waals surface area contributed by atoms with Crippen molar-refractivity contribution in [2.45, 2.75) is 31.3 Å². The Hall–Kier alpha value is -1.32. The first-order valence-corrected chi connectivity index (χ1v) is 6.84. The van der Waals surface area contributed by atoms with Crippen LogP contribution < -0.4 is 16.4 Å². The topological polar surface area (TPSA) is 142 Å². The molecule has 0 aliphatic rings. The van der Waals surface area contributed by atoms with Crippen LogP contribution in [0.3, 0.4) is 0 Å². The van der Waals surface area contributed by atoms with E-state index < -0.39 is 29.9 Å². The molecule has 0 rings (SSSR count). The molecule has 6 N–H and O–H groups in total. The average molecular weight is 307 g/mol. The third kappa shape index (κ3) is 7.97. The third-order valence-electron chi connectivity index (χ3n) is 2.56. The highest BCUT2D eigenvalue weighted by Gasteiger charge is 2.24. The van der Waals surface area contributed by atoms with Gasteiger partial charge in [0, 0.05) is 5.75 Å². The lowest BCUT2D eigenvalue weighted by molar-refractivity contribution is -0.142. The molecule has 0 bridgehead atoms. The number of nitrogens with one attached hydrogen (secondary N) is 2. The van der Waals surface area contributed by atoms with Crippen molar-refractivity contribution in [3.63, 3.8) is 0 Å². The molecular weight excluding hydrogens is 286 g/mol. The predicted octanol–water partition coefficient (Wildman–Crippen LogP) is -1.34. The number of carboxylic acids is 2. The molecule has 9 heteroatoms. The van der Waals surface area contributed by atoms with Crippen molar-refractivity contribution in [3.8, 4) is 0 Å². The van der Waals surface area contributed by atoms with Gasteiger partial charge < -0.3 is 21.3 Å². The van der Waals surface area contributed by atoms with Gasteiger partial charge in [0.1, 0.15) is 6.04 Å². The van der Waals surface area contributed by atoms with E-state index in [0.29, 0.717) is 25.8 Å². The number of thiol groups is 1. The Morgan fingerprint density at radius 3 is 2.25 bits per heavy atom. The molecule has 2 atom stereocenters. The molecule has 0 aliphatic heterocycles. The third-order valence-corrected chi connectivity index (χ3v) is 2.93. The molecule has 0 saturated heterocycles. The first kappa shape index (κ1) is 18.7. The van der Waals surface area contributed by atoms with Crippen LogP contribution in [0.4, 0.5) is 0 Å². The molecule has 0 aromatic heterocycles. The number of hydrogen-bond acceptors (Lipinski definition) is 6. The summed E-state index contributed by atoms with van der Waals surface area (Å²) in [4.78, 5) is 33.3. The zero-order valence-electron chi connectivity index (χ0n) is 11.0. The van der Waals surface area contributed by atoms with E-state index >= 15 is 0 Å². The van der Waals surface area contributed by atoms with E-state index in [4.69, 9.17) is 15.9 Å². The van der Waals surface area contributed by atoms with Crippen LogP contribution in [0.1, 0.15) is 19.3 Å². The van der Waals surface area contributed by atoms with Gasteiger partial charge in [-0.3, -0.25) is 14.9 Å². The number of carbonyl (C=O) groups excluding carboxylic acids is 1. The smallest absolute Gasteiger partial charge is 0.327 e. The van der Waals surface area contributed by atoms with Crippen molar-refractivity contribution < 1.29 is 24.6 Å². The number of nitrogens with two attached hydrogens (primary N) is 1. The molecule has 0 aromatic rings. The van der Waals surface area contributed by atoms with Gasteiger partial charge in [-0.1, -0.05) is 6.42 Å². The number of unbranched alkanes of at least 4 members (excludes halogenated alkanes) is 1. The van der Waals surface area contributed by atoms with Crippen LogP contribution in [-0.4, -0.2) is 59.0 Å². The summed E-state index contributed by atoms with van der Waals surface area (Å²) >= 11 is 3.84. The van der Waals surface area contributed by atoms with Crippen molar-refractivity contribution in [1.82, 2.24) is 10.6 Å². The van der Waals surface area contributed by atoms with Gasteiger partial charge in [-0.2, -0.15) is 12.6 Å². The molecule has 0 saturated carbocycles. The SMILES string of the molecule is NCCCCC(NCC(=O)O)C(=O)NC(CS)C(=O)O. The molecular formula is C11H21N3O5S. The molecule has 0 radical (unpaired) electrons. The van der Waals surface area contributed by atoms with Crippen LogP contribution in [0.25, 0.3) is 0 Å². The molecule has 0 spiro atoms. The fraction of sp³-hybridized carbons (Fsp3) is 0.727. The van der Waals surface area contributed by atoms with Gasteiger partial charge in [-0.25, -0.2) is 4.79 Å². The van der Waals surface area contributed by atoms with Crippen molar-refractivity contribution >= 4 is 30.5 Å². The van der Waals surface area contributed by atoms with Gasteiger partial charge in [0.25, 0.3) is 0 Å². The van der Waals surface area contributed by atoms with Gasteiger partial charge >= 0.3 is 11.9 Å². The molecule has 0 fully saturated rings. The number of carbonyl (C=O) groups is 3. The standard InChI is InChI=1S/C11H21N3O5S/c12-4-2-1-3-7(13-5-9(15)16)10(17)14-8(6-20)11(18)19/h7-8,13,20H,1-6,12H2,(H,14,17)(H,15,16)(H,18,19). The Kier molecular flexibility index (Phi) is 9.77. The summed E-state index contributed by atoms with van der Waals surface area (Å²) in [6, 6.07) is -1.87. The Balaban J connectivity index is 4.51. The second kappa shape index (κ2) is 10.5. The largest absolute Gasteiger partial charge is 0.480 e. The monoisotopic (exact) mass is 307 g/mol. The molecule has 116 valence electrons. The summed E-state index contributed by atoms with van der Waals surface area (Å²) in [5.74, 6) is -2.88. The molecule has 20 heavy (non-hydrogen) atoms. The number of aliphatic carboxylic acids is 2. The van der Waals surface area contributed by atoms with Gasteiger partial charge in [0.05, 0.1) is 12.6 Å². The molecule has 8 nitrogen and oxygen atoms in total. The van der Waals surface area contributed by atoms with Gasteiger partial charge in [0.15, 0.2) is 0 Å². The van der Waals surface area contributed by atoms with E-state index in [1.165, 1.54) is 0 Å². The highest BCUT2D eigenvalue weighted by atomic mass is 32.1. The average Bonchev–Trinajstić information content (AvgIpc) is 2.38. The lowest BCUT2D eigenvalue weighted by Crippen LogP contribution is -2.51. The normalized spacial score (nSPS) is 13.5. The summed E-state index contributed by atoms with van der Waals surface area (Å²) in [5.41, 5.74) is 5.35. The van der Waals surface area contributed by atoms with Crippen LogP contribution in [0.15, 0.2) is 0 Å². The second-order valence-corrected chi connectivity index (χ2v) is 4.56. The van der Waals surface area contributed by atoms with E-state index in [-0.39, 0.29) is 12.3 Å². The maximum atomic E-state index is 11.9. The van der Waals surface area contributed by atoms with Crippen LogP contribution in [0, 0.1) is 0 Å². The fourth-order valence-electron chi connectivity index (χ4n) is 1.49. The molecule has 0 aromatic carbocycles. The maximum Gasteiger partial charge on any atom is 0.327 e. The Morgan fingerprint density at radius 1 is 1.15 bits per heavy atom. The van der Waals surface area contributed by atoms with E-state index in [1.54, 1.807) is 0 Å². The molecule has 2 unspecified atom stereocenters.